The molecular formula is C9H15NO3. The van der Waals surface area contributed by atoms with Gasteiger partial charge in [0.1, 0.15) is 6.10 Å². The first kappa shape index (κ1) is 8.97. The van der Waals surface area contributed by atoms with Crippen LogP contribution in [0.2, 0.25) is 0 Å². The van der Waals surface area contributed by atoms with E-state index in [1.165, 1.54) is 0 Å². The number of likely N-dealkylation sites (tertiary alicyclic amines) is 1. The van der Waals surface area contributed by atoms with E-state index in [1.807, 2.05) is 4.90 Å². The van der Waals surface area contributed by atoms with Crippen LogP contribution in [0.15, 0.2) is 0 Å². The second-order valence-corrected chi connectivity index (χ2v) is 3.51. The Balaban J connectivity index is 1.53. The second-order valence-electron chi connectivity index (χ2n) is 3.51. The summed E-state index contributed by atoms with van der Waals surface area (Å²) >= 11 is 0. The van der Waals surface area contributed by atoms with Crippen LogP contribution in [0.5, 0.6) is 0 Å². The minimum Gasteiger partial charge on any atom is -0.377 e. The fourth-order valence-electron chi connectivity index (χ4n) is 1.49. The number of hydrogen-bond donors (Lipinski definition) is 0. The molecular weight excluding hydrogens is 170 g/mol. The molecule has 0 bridgehead atoms. The zero-order valence-corrected chi connectivity index (χ0v) is 7.70. The van der Waals surface area contributed by atoms with Gasteiger partial charge in [-0.05, 0) is 6.42 Å². The maximum atomic E-state index is 11.2. The van der Waals surface area contributed by atoms with Gasteiger partial charge in [0.15, 0.2) is 0 Å². The smallest absolute Gasteiger partial charge is 0.222 e. The van der Waals surface area contributed by atoms with E-state index in [0.717, 1.165) is 26.1 Å². The van der Waals surface area contributed by atoms with Gasteiger partial charge in [-0.3, -0.25) is 4.79 Å². The molecule has 4 heteroatoms. The van der Waals surface area contributed by atoms with Crippen LogP contribution in [0, 0.1) is 0 Å². The van der Waals surface area contributed by atoms with E-state index in [1.54, 1.807) is 0 Å². The number of carbonyl (C=O) groups is 1. The average Bonchev–Trinajstić information content (AvgIpc) is 2.86. The van der Waals surface area contributed by atoms with Crippen LogP contribution < -0.4 is 0 Å². The third-order valence-corrected chi connectivity index (χ3v) is 2.38. The van der Waals surface area contributed by atoms with Gasteiger partial charge in [-0.15, -0.1) is 0 Å². The normalized spacial score (nSPS) is 26.9. The highest BCUT2D eigenvalue weighted by atomic mass is 16.6. The summed E-state index contributed by atoms with van der Waals surface area (Å²) in [6.07, 6.45) is 2.05. The number of nitrogens with zero attached hydrogens (tertiary/aromatic N) is 1. The molecule has 0 radical (unpaired) electrons. The molecule has 2 rings (SSSR count). The summed E-state index contributed by atoms with van der Waals surface area (Å²) in [5.41, 5.74) is 0. The maximum Gasteiger partial charge on any atom is 0.222 e. The van der Waals surface area contributed by atoms with Crippen LogP contribution in [-0.4, -0.2) is 49.8 Å². The Morgan fingerprint density at radius 3 is 3.08 bits per heavy atom. The van der Waals surface area contributed by atoms with Gasteiger partial charge in [0.2, 0.25) is 5.91 Å². The SMILES string of the molecule is O=C1CCCN1CCOCC1CO1. The van der Waals surface area contributed by atoms with Crippen molar-refractivity contribution in [3.05, 3.63) is 0 Å². The standard InChI is InChI=1S/C9H15NO3/c11-9-2-1-3-10(9)4-5-12-6-8-7-13-8/h8H,1-7H2. The van der Waals surface area contributed by atoms with E-state index in [2.05, 4.69) is 0 Å². The van der Waals surface area contributed by atoms with E-state index < -0.39 is 0 Å². The van der Waals surface area contributed by atoms with Gasteiger partial charge in [-0.2, -0.15) is 0 Å². The second kappa shape index (κ2) is 4.07. The molecule has 1 atom stereocenters. The molecule has 2 heterocycles. The zero-order valence-electron chi connectivity index (χ0n) is 7.70. The van der Waals surface area contributed by atoms with Crippen molar-refractivity contribution in [3.8, 4) is 0 Å². The van der Waals surface area contributed by atoms with E-state index in [-0.39, 0.29) is 5.91 Å². The number of carbonyl (C=O) groups excluding carboxylic acids is 1. The van der Waals surface area contributed by atoms with Crippen LogP contribution in [0.4, 0.5) is 0 Å². The Bertz CT molecular complexity index is 191. The predicted octanol–water partition coefficient (Wildman–Crippen LogP) is 0.0242. The minimum absolute atomic E-state index is 0.270. The van der Waals surface area contributed by atoms with Crippen molar-refractivity contribution in [1.82, 2.24) is 4.90 Å². The van der Waals surface area contributed by atoms with Crippen LogP contribution in [0.25, 0.3) is 0 Å². The van der Waals surface area contributed by atoms with Crippen molar-refractivity contribution in [2.75, 3.05) is 32.9 Å². The molecule has 13 heavy (non-hydrogen) atoms. The third kappa shape index (κ3) is 2.67. The molecule has 1 amide bonds. The number of rotatable bonds is 5. The lowest BCUT2D eigenvalue weighted by Gasteiger charge is -2.14. The maximum absolute atomic E-state index is 11.2. The molecule has 0 N–H and O–H groups in total. The van der Waals surface area contributed by atoms with Crippen LogP contribution in [0.1, 0.15) is 12.8 Å². The lowest BCUT2D eigenvalue weighted by atomic mass is 10.4. The van der Waals surface area contributed by atoms with Crippen molar-refractivity contribution >= 4 is 5.91 Å². The minimum atomic E-state index is 0.270. The molecule has 0 saturated carbocycles. The van der Waals surface area contributed by atoms with E-state index in [0.29, 0.717) is 25.7 Å². The summed E-state index contributed by atoms with van der Waals surface area (Å²) in [6.45, 7) is 3.81. The Hall–Kier alpha value is -0.610. The first-order valence-corrected chi connectivity index (χ1v) is 4.83. The summed E-state index contributed by atoms with van der Waals surface area (Å²) in [4.78, 5) is 13.0. The van der Waals surface area contributed by atoms with Crippen molar-refractivity contribution in [3.63, 3.8) is 0 Å². The van der Waals surface area contributed by atoms with Gasteiger partial charge in [0.25, 0.3) is 0 Å². The van der Waals surface area contributed by atoms with Gasteiger partial charge in [-0.1, -0.05) is 0 Å². The lowest BCUT2D eigenvalue weighted by molar-refractivity contribution is -0.128. The van der Waals surface area contributed by atoms with Crippen molar-refractivity contribution < 1.29 is 14.3 Å². The summed E-state index contributed by atoms with van der Waals surface area (Å²) in [7, 11) is 0. The van der Waals surface area contributed by atoms with Crippen LogP contribution in [0.3, 0.4) is 0 Å². The van der Waals surface area contributed by atoms with Crippen molar-refractivity contribution in [2.24, 2.45) is 0 Å². The highest BCUT2D eigenvalue weighted by Crippen LogP contribution is 2.10. The molecule has 74 valence electrons. The Morgan fingerprint density at radius 2 is 2.46 bits per heavy atom. The Kier molecular flexibility index (Phi) is 2.80. The molecule has 0 aromatic rings. The van der Waals surface area contributed by atoms with Gasteiger partial charge < -0.3 is 14.4 Å². The van der Waals surface area contributed by atoms with E-state index >= 15 is 0 Å². The predicted molar refractivity (Wildman–Crippen MR) is 46.4 cm³/mol. The molecule has 2 aliphatic heterocycles. The summed E-state index contributed by atoms with van der Waals surface area (Å²) in [5.74, 6) is 0.270. The first-order valence-electron chi connectivity index (χ1n) is 4.83. The largest absolute Gasteiger partial charge is 0.377 e. The lowest BCUT2D eigenvalue weighted by Crippen LogP contribution is -2.28. The fraction of sp³-hybridized carbons (Fsp3) is 0.889. The summed E-state index contributed by atoms with van der Waals surface area (Å²) in [6, 6.07) is 0. The number of ether oxygens (including phenoxy) is 2. The van der Waals surface area contributed by atoms with Gasteiger partial charge in [0.05, 0.1) is 19.8 Å². The van der Waals surface area contributed by atoms with E-state index in [4.69, 9.17) is 9.47 Å². The van der Waals surface area contributed by atoms with Crippen LogP contribution >= 0.6 is 0 Å². The molecule has 2 saturated heterocycles. The first-order chi connectivity index (χ1) is 6.36. The quantitative estimate of drug-likeness (QED) is 0.448. The molecule has 0 spiro atoms. The van der Waals surface area contributed by atoms with E-state index in [9.17, 15) is 4.79 Å². The van der Waals surface area contributed by atoms with Gasteiger partial charge in [-0.25, -0.2) is 0 Å². The number of epoxide rings is 1. The highest BCUT2D eigenvalue weighted by Gasteiger charge is 2.23. The third-order valence-electron chi connectivity index (χ3n) is 2.38. The summed E-state index contributed by atoms with van der Waals surface area (Å²) in [5, 5.41) is 0. The molecule has 0 aromatic heterocycles. The van der Waals surface area contributed by atoms with Crippen LogP contribution in [-0.2, 0) is 14.3 Å². The molecule has 2 aliphatic rings. The Morgan fingerprint density at radius 1 is 1.62 bits per heavy atom. The average molecular weight is 185 g/mol. The monoisotopic (exact) mass is 185 g/mol. The van der Waals surface area contributed by atoms with Crippen molar-refractivity contribution in [1.29, 1.82) is 0 Å². The number of hydrogen-bond acceptors (Lipinski definition) is 3. The topological polar surface area (TPSA) is 42.1 Å². The Labute approximate surface area is 77.8 Å². The fourth-order valence-corrected chi connectivity index (χ4v) is 1.49. The summed E-state index contributed by atoms with van der Waals surface area (Å²) < 4.78 is 10.3. The highest BCUT2D eigenvalue weighted by molar-refractivity contribution is 5.77. The molecule has 1 unspecified atom stereocenters. The molecule has 4 nitrogen and oxygen atoms in total. The molecule has 0 aliphatic carbocycles. The number of amides is 1. The van der Waals surface area contributed by atoms with Gasteiger partial charge in [0, 0.05) is 19.5 Å². The zero-order chi connectivity index (χ0) is 9.10. The molecule has 2 fully saturated rings. The van der Waals surface area contributed by atoms with Gasteiger partial charge >= 0.3 is 0 Å². The van der Waals surface area contributed by atoms with Crippen molar-refractivity contribution in [2.45, 2.75) is 18.9 Å². The molecule has 0 aromatic carbocycles.